The number of carbonyl (C=O) groups excluding carboxylic acids is 1. The van der Waals surface area contributed by atoms with Crippen molar-refractivity contribution in [3.63, 3.8) is 0 Å². The number of hydrogen-bond acceptors (Lipinski definition) is 6. The van der Waals surface area contributed by atoms with Gasteiger partial charge in [-0.15, -0.1) is 10.2 Å². The summed E-state index contributed by atoms with van der Waals surface area (Å²) in [5, 5.41) is 12.4. The van der Waals surface area contributed by atoms with Gasteiger partial charge in [-0.3, -0.25) is 10.1 Å². The quantitative estimate of drug-likeness (QED) is 0.469. The number of amides is 1. The zero-order valence-electron chi connectivity index (χ0n) is 16.0. The van der Waals surface area contributed by atoms with Gasteiger partial charge in [0.15, 0.2) is 0 Å². The highest BCUT2D eigenvalue weighted by Gasteiger charge is 2.11. The maximum Gasteiger partial charge on any atom is 0.257 e. The predicted molar refractivity (Wildman–Crippen MR) is 112 cm³/mol. The third kappa shape index (κ3) is 4.78. The molecule has 7 nitrogen and oxygen atoms in total. The number of carbonyl (C=O) groups is 1. The van der Waals surface area contributed by atoms with Gasteiger partial charge in [-0.05, 0) is 36.8 Å². The minimum atomic E-state index is -0.235. The number of aryl methyl sites for hydroxylation is 1. The number of rotatable bonds is 8. The Morgan fingerprint density at radius 2 is 2.14 bits per heavy atom. The summed E-state index contributed by atoms with van der Waals surface area (Å²) >= 11 is 1.41. The molecule has 4 aromatic rings. The zero-order valence-corrected chi connectivity index (χ0v) is 16.9. The van der Waals surface area contributed by atoms with Crippen LogP contribution in [0.1, 0.15) is 40.8 Å². The van der Waals surface area contributed by atoms with E-state index >= 15 is 0 Å². The molecule has 3 aromatic heterocycles. The van der Waals surface area contributed by atoms with Crippen molar-refractivity contribution in [3.8, 4) is 5.75 Å². The molecular weight excluding hydrogens is 386 g/mol. The second-order valence-electron chi connectivity index (χ2n) is 6.57. The third-order valence-electron chi connectivity index (χ3n) is 4.33. The van der Waals surface area contributed by atoms with Gasteiger partial charge in [-0.1, -0.05) is 36.8 Å². The van der Waals surface area contributed by atoms with Crippen LogP contribution in [0.25, 0.3) is 5.65 Å². The van der Waals surface area contributed by atoms with E-state index in [1.807, 2.05) is 41.1 Å². The largest absolute Gasteiger partial charge is 0.487 e. The lowest BCUT2D eigenvalue weighted by atomic mass is 10.2. The van der Waals surface area contributed by atoms with Gasteiger partial charge in [0, 0.05) is 24.4 Å². The molecule has 0 unspecified atom stereocenters. The van der Waals surface area contributed by atoms with Crippen LogP contribution in [0.3, 0.4) is 0 Å². The number of ether oxygens (including phenoxy) is 1. The molecule has 0 radical (unpaired) electrons. The summed E-state index contributed by atoms with van der Waals surface area (Å²) in [4.78, 5) is 17.0. The molecule has 8 heteroatoms. The minimum Gasteiger partial charge on any atom is -0.487 e. The molecule has 0 bridgehead atoms. The van der Waals surface area contributed by atoms with Crippen molar-refractivity contribution in [2.45, 2.75) is 32.8 Å². The molecule has 4 rings (SSSR count). The van der Waals surface area contributed by atoms with Crippen LogP contribution >= 0.6 is 11.3 Å². The number of benzene rings is 1. The monoisotopic (exact) mass is 407 g/mol. The Hall–Kier alpha value is -3.26. The summed E-state index contributed by atoms with van der Waals surface area (Å²) in [7, 11) is 0. The summed E-state index contributed by atoms with van der Waals surface area (Å²) in [6.45, 7) is 2.46. The molecule has 0 aliphatic carbocycles. The summed E-state index contributed by atoms with van der Waals surface area (Å²) < 4.78 is 7.77. The van der Waals surface area contributed by atoms with Crippen LogP contribution in [0.2, 0.25) is 0 Å². The Morgan fingerprint density at radius 3 is 3.00 bits per heavy atom. The van der Waals surface area contributed by atoms with E-state index in [0.717, 1.165) is 35.6 Å². The molecule has 29 heavy (non-hydrogen) atoms. The molecule has 0 spiro atoms. The maximum atomic E-state index is 12.5. The van der Waals surface area contributed by atoms with Gasteiger partial charge in [0.2, 0.25) is 5.13 Å². The fourth-order valence-electron chi connectivity index (χ4n) is 2.84. The number of anilines is 1. The van der Waals surface area contributed by atoms with E-state index in [9.17, 15) is 4.79 Å². The van der Waals surface area contributed by atoms with E-state index in [4.69, 9.17) is 4.74 Å². The van der Waals surface area contributed by atoms with Crippen LogP contribution in [0.5, 0.6) is 5.75 Å². The van der Waals surface area contributed by atoms with Gasteiger partial charge in [0.1, 0.15) is 23.0 Å². The van der Waals surface area contributed by atoms with Crippen molar-refractivity contribution >= 4 is 28.0 Å². The maximum absolute atomic E-state index is 12.5. The zero-order chi connectivity index (χ0) is 20.1. The molecule has 0 saturated carbocycles. The summed E-state index contributed by atoms with van der Waals surface area (Å²) in [6, 6.07) is 12.9. The van der Waals surface area contributed by atoms with Gasteiger partial charge in [-0.25, -0.2) is 4.98 Å². The van der Waals surface area contributed by atoms with Crippen molar-refractivity contribution in [2.75, 3.05) is 5.32 Å². The third-order valence-corrected chi connectivity index (χ3v) is 5.23. The SMILES string of the molecule is CCCCc1nnc(NC(=O)c2cccc(OCc3cn4ccccc4n3)c2)s1. The van der Waals surface area contributed by atoms with E-state index in [-0.39, 0.29) is 5.91 Å². The molecule has 0 fully saturated rings. The molecule has 1 N–H and O–H groups in total. The molecule has 0 saturated heterocycles. The molecule has 1 amide bonds. The van der Waals surface area contributed by atoms with Gasteiger partial charge in [0.05, 0.1) is 5.69 Å². The number of nitrogens with one attached hydrogen (secondary N) is 1. The average molecular weight is 407 g/mol. The van der Waals surface area contributed by atoms with E-state index in [0.29, 0.717) is 23.1 Å². The number of imidazole rings is 1. The van der Waals surface area contributed by atoms with Crippen molar-refractivity contribution in [3.05, 3.63) is 71.1 Å². The van der Waals surface area contributed by atoms with Crippen LogP contribution in [-0.4, -0.2) is 25.5 Å². The average Bonchev–Trinajstić information content (AvgIpc) is 3.37. The second kappa shape index (κ2) is 8.83. The number of aromatic nitrogens is 4. The normalized spacial score (nSPS) is 10.9. The number of pyridine rings is 1. The first-order valence-electron chi connectivity index (χ1n) is 9.50. The van der Waals surface area contributed by atoms with Crippen LogP contribution < -0.4 is 10.1 Å². The lowest BCUT2D eigenvalue weighted by molar-refractivity contribution is 0.102. The van der Waals surface area contributed by atoms with Gasteiger partial charge >= 0.3 is 0 Å². The summed E-state index contributed by atoms with van der Waals surface area (Å²) in [5.41, 5.74) is 2.19. The minimum absolute atomic E-state index is 0.235. The lowest BCUT2D eigenvalue weighted by Crippen LogP contribution is -2.11. The Labute approximate surface area is 172 Å². The first-order chi connectivity index (χ1) is 14.2. The van der Waals surface area contributed by atoms with Crippen molar-refractivity contribution in [2.24, 2.45) is 0 Å². The standard InChI is InChI=1S/C21H21N5O2S/c1-2-3-10-19-24-25-21(29-19)23-20(27)15-7-6-8-17(12-15)28-14-16-13-26-11-5-4-9-18(26)22-16/h4-9,11-13H,2-3,10,14H2,1H3,(H,23,25,27). The first-order valence-corrected chi connectivity index (χ1v) is 10.3. The Morgan fingerprint density at radius 1 is 1.21 bits per heavy atom. The highest BCUT2D eigenvalue weighted by molar-refractivity contribution is 7.15. The molecular formula is C21H21N5O2S. The highest BCUT2D eigenvalue weighted by Crippen LogP contribution is 2.20. The number of nitrogens with zero attached hydrogens (tertiary/aromatic N) is 4. The number of unbranched alkanes of at least 4 members (excludes halogenated alkanes) is 1. The van der Waals surface area contributed by atoms with Crippen LogP contribution in [0, 0.1) is 0 Å². The fraction of sp³-hybridized carbons (Fsp3) is 0.238. The number of fused-ring (bicyclic) bond motifs is 1. The van der Waals surface area contributed by atoms with Gasteiger partial charge in [-0.2, -0.15) is 0 Å². The molecule has 0 aliphatic rings. The van der Waals surface area contributed by atoms with Crippen molar-refractivity contribution in [1.82, 2.24) is 19.6 Å². The van der Waals surface area contributed by atoms with Crippen molar-refractivity contribution < 1.29 is 9.53 Å². The van der Waals surface area contributed by atoms with Gasteiger partial charge in [0.25, 0.3) is 5.91 Å². The van der Waals surface area contributed by atoms with E-state index < -0.39 is 0 Å². The predicted octanol–water partition coefficient (Wildman–Crippen LogP) is 4.36. The van der Waals surface area contributed by atoms with E-state index in [1.165, 1.54) is 11.3 Å². The number of hydrogen-bond donors (Lipinski definition) is 1. The molecule has 148 valence electrons. The van der Waals surface area contributed by atoms with Crippen LogP contribution in [0.4, 0.5) is 5.13 Å². The van der Waals surface area contributed by atoms with Gasteiger partial charge < -0.3 is 9.14 Å². The van der Waals surface area contributed by atoms with E-state index in [1.54, 1.807) is 18.2 Å². The molecule has 3 heterocycles. The Bertz CT molecular complexity index is 1090. The fourth-order valence-corrected chi connectivity index (χ4v) is 3.62. The first kappa shape index (κ1) is 19.1. The highest BCUT2D eigenvalue weighted by atomic mass is 32.1. The Balaban J connectivity index is 1.38. The lowest BCUT2D eigenvalue weighted by Gasteiger charge is -2.06. The van der Waals surface area contributed by atoms with Crippen LogP contribution in [-0.2, 0) is 13.0 Å². The molecule has 0 atom stereocenters. The molecule has 0 aliphatic heterocycles. The second-order valence-corrected chi connectivity index (χ2v) is 7.64. The van der Waals surface area contributed by atoms with Crippen LogP contribution in [0.15, 0.2) is 54.9 Å². The molecule has 1 aromatic carbocycles. The Kier molecular flexibility index (Phi) is 5.81. The smallest absolute Gasteiger partial charge is 0.257 e. The summed E-state index contributed by atoms with van der Waals surface area (Å²) in [6.07, 6.45) is 6.92. The topological polar surface area (TPSA) is 81.4 Å². The summed E-state index contributed by atoms with van der Waals surface area (Å²) in [5.74, 6) is 0.372. The van der Waals surface area contributed by atoms with Crippen molar-refractivity contribution in [1.29, 1.82) is 0 Å². The van der Waals surface area contributed by atoms with E-state index in [2.05, 4.69) is 27.4 Å².